The van der Waals surface area contributed by atoms with E-state index in [9.17, 15) is 0 Å². The average molecular weight is 159 g/mol. The third-order valence-corrected chi connectivity index (χ3v) is 2.29. The van der Waals surface area contributed by atoms with Gasteiger partial charge >= 0.3 is 0 Å². The highest BCUT2D eigenvalue weighted by atomic mass is 32.1. The molecule has 4 heteroatoms. The minimum absolute atomic E-state index is 0.0627. The Kier molecular flexibility index (Phi) is 1.82. The Balaban J connectivity index is 2.98. The smallest absolute Gasteiger partial charge is 0.214 e. The van der Waals surface area contributed by atoms with Crippen molar-refractivity contribution in [3.63, 3.8) is 0 Å². The van der Waals surface area contributed by atoms with Crippen molar-refractivity contribution in [1.82, 2.24) is 0 Å². The minimum Gasteiger partial charge on any atom is -0.504 e. The summed E-state index contributed by atoms with van der Waals surface area (Å²) >= 11 is 1.10. The zero-order chi connectivity index (χ0) is 7.72. The summed E-state index contributed by atoms with van der Waals surface area (Å²) in [6, 6.07) is 1.35. The first-order valence-electron chi connectivity index (χ1n) is 2.88. The van der Waals surface area contributed by atoms with Crippen LogP contribution in [0.25, 0.3) is 0 Å². The summed E-state index contributed by atoms with van der Waals surface area (Å²) in [6.45, 7) is 1.80. The van der Waals surface area contributed by atoms with Crippen LogP contribution in [0.3, 0.4) is 0 Å². The van der Waals surface area contributed by atoms with Gasteiger partial charge in [-0.15, -0.1) is 0 Å². The van der Waals surface area contributed by atoms with Crippen LogP contribution in [0.5, 0.6) is 10.8 Å². The summed E-state index contributed by atoms with van der Waals surface area (Å²) in [6.07, 6.45) is 0. The monoisotopic (exact) mass is 159 g/mol. The lowest BCUT2D eigenvalue weighted by Gasteiger charge is -1.96. The van der Waals surface area contributed by atoms with Crippen LogP contribution < -0.4 is 5.73 Å². The van der Waals surface area contributed by atoms with E-state index in [-0.39, 0.29) is 16.9 Å². The number of rotatable bonds is 1. The molecule has 0 bridgehead atoms. The minimum atomic E-state index is -0.128. The zero-order valence-corrected chi connectivity index (χ0v) is 6.35. The van der Waals surface area contributed by atoms with Crippen LogP contribution in [0, 0.1) is 0 Å². The van der Waals surface area contributed by atoms with Crippen LogP contribution in [-0.4, -0.2) is 10.2 Å². The van der Waals surface area contributed by atoms with Gasteiger partial charge in [0.05, 0.1) is 0 Å². The number of aromatic hydroxyl groups is 2. The molecule has 10 heavy (non-hydrogen) atoms. The molecular formula is C6H9NO2S. The molecule has 0 fully saturated rings. The van der Waals surface area contributed by atoms with E-state index in [4.69, 9.17) is 15.9 Å². The van der Waals surface area contributed by atoms with E-state index in [2.05, 4.69) is 0 Å². The summed E-state index contributed by atoms with van der Waals surface area (Å²) in [4.78, 5) is 0.787. The van der Waals surface area contributed by atoms with Gasteiger partial charge in [0, 0.05) is 10.9 Å². The molecule has 0 aromatic carbocycles. The first kappa shape index (κ1) is 7.37. The summed E-state index contributed by atoms with van der Waals surface area (Å²) in [5, 5.41) is 17.7. The number of hydrogen-bond acceptors (Lipinski definition) is 4. The van der Waals surface area contributed by atoms with Crippen LogP contribution in [0.4, 0.5) is 0 Å². The Morgan fingerprint density at radius 1 is 1.60 bits per heavy atom. The van der Waals surface area contributed by atoms with Gasteiger partial charge in [0.25, 0.3) is 0 Å². The lowest BCUT2D eigenvalue weighted by atomic mass is 10.3. The normalized spacial score (nSPS) is 13.4. The molecule has 1 aromatic rings. The lowest BCUT2D eigenvalue weighted by molar-refractivity contribution is 0.415. The van der Waals surface area contributed by atoms with Gasteiger partial charge in [0.1, 0.15) is 0 Å². The van der Waals surface area contributed by atoms with E-state index >= 15 is 0 Å². The predicted octanol–water partition coefficient (Wildman–Crippen LogP) is 1.18. The fourth-order valence-corrected chi connectivity index (χ4v) is 1.36. The molecule has 0 radical (unpaired) electrons. The van der Waals surface area contributed by atoms with Crippen molar-refractivity contribution in [2.45, 2.75) is 13.0 Å². The number of hydrogen-bond donors (Lipinski definition) is 3. The van der Waals surface area contributed by atoms with Gasteiger partial charge in [-0.2, -0.15) is 0 Å². The predicted molar refractivity (Wildman–Crippen MR) is 40.3 cm³/mol. The molecule has 0 amide bonds. The molecule has 4 N–H and O–H groups in total. The molecule has 0 saturated carbocycles. The summed E-state index contributed by atoms with van der Waals surface area (Å²) in [5.74, 6) is -0.0858. The highest BCUT2D eigenvalue weighted by Crippen LogP contribution is 2.36. The van der Waals surface area contributed by atoms with Crippen LogP contribution >= 0.6 is 11.3 Å². The van der Waals surface area contributed by atoms with Crippen molar-refractivity contribution in [2.75, 3.05) is 0 Å². The van der Waals surface area contributed by atoms with E-state index in [1.165, 1.54) is 6.07 Å². The second kappa shape index (κ2) is 2.48. The average Bonchev–Trinajstić information content (AvgIpc) is 2.13. The Hall–Kier alpha value is -0.740. The first-order chi connectivity index (χ1) is 4.61. The zero-order valence-electron chi connectivity index (χ0n) is 5.53. The maximum absolute atomic E-state index is 8.90. The van der Waals surface area contributed by atoms with E-state index in [0.717, 1.165) is 16.2 Å². The Labute approximate surface area is 62.7 Å². The summed E-state index contributed by atoms with van der Waals surface area (Å²) in [7, 11) is 0. The molecule has 0 saturated heterocycles. The molecule has 3 nitrogen and oxygen atoms in total. The molecule has 0 aliphatic heterocycles. The van der Waals surface area contributed by atoms with Gasteiger partial charge in [0.15, 0.2) is 5.75 Å². The van der Waals surface area contributed by atoms with Crippen molar-refractivity contribution >= 4 is 11.3 Å². The molecule has 1 unspecified atom stereocenters. The van der Waals surface area contributed by atoms with Crippen LogP contribution in [0.1, 0.15) is 17.8 Å². The molecule has 1 atom stereocenters. The SMILES string of the molecule is CC(N)c1cc(O)c(O)s1. The standard InChI is InChI=1S/C6H9NO2S/c1-3(7)5-2-4(8)6(9)10-5/h2-3,8-9H,7H2,1H3. The molecule has 0 spiro atoms. The molecule has 1 rings (SSSR count). The fraction of sp³-hybridized carbons (Fsp3) is 0.333. The summed E-state index contributed by atoms with van der Waals surface area (Å²) < 4.78 is 0. The van der Waals surface area contributed by atoms with E-state index in [0.29, 0.717) is 0 Å². The quantitative estimate of drug-likeness (QED) is 0.576. The molecule has 0 aliphatic carbocycles. The van der Waals surface area contributed by atoms with Gasteiger partial charge in [0.2, 0.25) is 5.06 Å². The number of nitrogens with two attached hydrogens (primary N) is 1. The third kappa shape index (κ3) is 1.22. The number of thiophene rings is 1. The maximum atomic E-state index is 8.90. The molecule has 0 aliphatic rings. The maximum Gasteiger partial charge on any atom is 0.214 e. The molecule has 1 heterocycles. The largest absolute Gasteiger partial charge is 0.504 e. The third-order valence-electron chi connectivity index (χ3n) is 1.16. The van der Waals surface area contributed by atoms with Crippen molar-refractivity contribution in [3.8, 4) is 10.8 Å². The topological polar surface area (TPSA) is 66.5 Å². The first-order valence-corrected chi connectivity index (χ1v) is 3.70. The van der Waals surface area contributed by atoms with Gasteiger partial charge in [-0.05, 0) is 13.0 Å². The van der Waals surface area contributed by atoms with Crippen molar-refractivity contribution in [2.24, 2.45) is 5.73 Å². The Morgan fingerprint density at radius 2 is 2.20 bits per heavy atom. The molecule has 1 aromatic heterocycles. The van der Waals surface area contributed by atoms with Crippen LogP contribution in [-0.2, 0) is 0 Å². The second-order valence-corrected chi connectivity index (χ2v) is 3.19. The molecular weight excluding hydrogens is 150 g/mol. The van der Waals surface area contributed by atoms with Crippen LogP contribution in [0.15, 0.2) is 6.07 Å². The van der Waals surface area contributed by atoms with Gasteiger partial charge in [-0.3, -0.25) is 0 Å². The van der Waals surface area contributed by atoms with Gasteiger partial charge in [-0.1, -0.05) is 11.3 Å². The molecule has 56 valence electrons. The van der Waals surface area contributed by atoms with Crippen molar-refractivity contribution in [1.29, 1.82) is 0 Å². The van der Waals surface area contributed by atoms with Crippen LogP contribution in [0.2, 0.25) is 0 Å². The van der Waals surface area contributed by atoms with Crippen molar-refractivity contribution < 1.29 is 10.2 Å². The Morgan fingerprint density at radius 3 is 2.40 bits per heavy atom. The van der Waals surface area contributed by atoms with Gasteiger partial charge < -0.3 is 15.9 Å². The van der Waals surface area contributed by atoms with Gasteiger partial charge in [-0.25, -0.2) is 0 Å². The van der Waals surface area contributed by atoms with E-state index < -0.39 is 0 Å². The van der Waals surface area contributed by atoms with E-state index in [1.54, 1.807) is 6.92 Å². The highest BCUT2D eigenvalue weighted by Gasteiger charge is 2.08. The van der Waals surface area contributed by atoms with E-state index in [1.807, 2.05) is 0 Å². The summed E-state index contributed by atoms with van der Waals surface area (Å²) in [5.41, 5.74) is 5.48. The second-order valence-electron chi connectivity index (χ2n) is 2.13. The Bertz CT molecular complexity index is 212. The highest BCUT2D eigenvalue weighted by molar-refractivity contribution is 7.14. The van der Waals surface area contributed by atoms with Crippen molar-refractivity contribution in [3.05, 3.63) is 10.9 Å². The fourth-order valence-electron chi connectivity index (χ4n) is 0.614. The lowest BCUT2D eigenvalue weighted by Crippen LogP contribution is -2.01.